The molecule has 160 valence electrons. The Labute approximate surface area is 173 Å². The smallest absolute Gasteiger partial charge is 0.231 e. The molecule has 1 fully saturated rings. The normalized spacial score (nSPS) is 28.6. The van der Waals surface area contributed by atoms with Crippen LogP contribution in [-0.2, 0) is 4.74 Å². The van der Waals surface area contributed by atoms with Gasteiger partial charge in [0, 0.05) is 17.8 Å². The lowest BCUT2D eigenvalue weighted by Crippen LogP contribution is -2.36. The van der Waals surface area contributed by atoms with Crippen molar-refractivity contribution in [2.24, 2.45) is 11.8 Å². The highest BCUT2D eigenvalue weighted by Crippen LogP contribution is 2.56. The molecule has 2 heterocycles. The fourth-order valence-electron chi connectivity index (χ4n) is 4.98. The first-order valence-corrected chi connectivity index (χ1v) is 9.78. The molecule has 1 aliphatic carbocycles. The number of hydrogen-bond acceptors (Lipinski definition) is 8. The summed E-state index contributed by atoms with van der Waals surface area (Å²) in [5, 5.41) is 21.7. The molecule has 0 spiro atoms. The number of aliphatic hydroxyl groups is 2. The molecule has 8 heteroatoms. The van der Waals surface area contributed by atoms with Crippen LogP contribution in [0.2, 0.25) is 0 Å². The summed E-state index contributed by atoms with van der Waals surface area (Å²) < 4.78 is 33.2. The van der Waals surface area contributed by atoms with E-state index in [4.69, 9.17) is 28.4 Å². The van der Waals surface area contributed by atoms with E-state index in [0.717, 1.165) is 16.7 Å². The fraction of sp³-hybridized carbons (Fsp3) is 0.455. The van der Waals surface area contributed by atoms with Crippen LogP contribution in [0.15, 0.2) is 24.3 Å². The molecule has 2 N–H and O–H groups in total. The second-order valence-electron chi connectivity index (χ2n) is 7.68. The van der Waals surface area contributed by atoms with Crippen LogP contribution < -0.4 is 23.7 Å². The maximum atomic E-state index is 11.1. The quantitative estimate of drug-likeness (QED) is 0.783. The summed E-state index contributed by atoms with van der Waals surface area (Å²) in [6.07, 6.45) is -1.79. The SMILES string of the molecule is COc1cc([C@@H]2c3cc4c(cc3[C@H](O)[C@H]3COC(O)[C@H]23)OCO4)cc(OC)c1OC. The van der Waals surface area contributed by atoms with Crippen molar-refractivity contribution in [2.45, 2.75) is 18.3 Å². The van der Waals surface area contributed by atoms with Crippen LogP contribution in [0.4, 0.5) is 0 Å². The molecule has 3 aliphatic rings. The Balaban J connectivity index is 1.73. The number of aliphatic hydroxyl groups excluding tert-OH is 2. The third kappa shape index (κ3) is 2.71. The van der Waals surface area contributed by atoms with Crippen LogP contribution in [0.25, 0.3) is 0 Å². The molecule has 2 aromatic carbocycles. The molecule has 0 saturated carbocycles. The first-order valence-electron chi connectivity index (χ1n) is 9.78. The van der Waals surface area contributed by atoms with Crippen LogP contribution in [0.3, 0.4) is 0 Å². The Morgan fingerprint density at radius 3 is 2.10 bits per heavy atom. The molecule has 5 rings (SSSR count). The molecule has 2 aliphatic heterocycles. The van der Waals surface area contributed by atoms with Crippen LogP contribution in [0, 0.1) is 11.8 Å². The van der Waals surface area contributed by atoms with Crippen molar-refractivity contribution in [3.05, 3.63) is 41.0 Å². The van der Waals surface area contributed by atoms with Crippen LogP contribution >= 0.6 is 0 Å². The Morgan fingerprint density at radius 1 is 0.867 bits per heavy atom. The molecule has 0 radical (unpaired) electrons. The van der Waals surface area contributed by atoms with Crippen molar-refractivity contribution in [3.63, 3.8) is 0 Å². The van der Waals surface area contributed by atoms with Gasteiger partial charge >= 0.3 is 0 Å². The summed E-state index contributed by atoms with van der Waals surface area (Å²) in [7, 11) is 4.68. The molecule has 0 aromatic heterocycles. The van der Waals surface area contributed by atoms with E-state index in [1.54, 1.807) is 21.3 Å². The molecule has 5 atom stereocenters. The molecular weight excluding hydrogens is 392 g/mol. The molecule has 1 unspecified atom stereocenters. The third-order valence-electron chi connectivity index (χ3n) is 6.35. The number of hydrogen-bond donors (Lipinski definition) is 2. The summed E-state index contributed by atoms with van der Waals surface area (Å²) in [4.78, 5) is 0. The predicted molar refractivity (Wildman–Crippen MR) is 104 cm³/mol. The molecule has 8 nitrogen and oxygen atoms in total. The van der Waals surface area contributed by atoms with Crippen molar-refractivity contribution >= 4 is 0 Å². The number of fused-ring (bicyclic) bond motifs is 3. The standard InChI is InChI=1S/C22H24O8/c1-25-16-4-10(5-17(26-2)21(16)27-3)18-11-6-14-15(30-9-29-14)7-12(11)20(23)13-8-28-22(24)19(13)18/h4-7,13,18-20,22-24H,8-9H2,1-3H3/t13-,18+,19-,20-,22?/m0/s1. The van der Waals surface area contributed by atoms with Crippen LogP contribution in [0.5, 0.6) is 28.7 Å². The summed E-state index contributed by atoms with van der Waals surface area (Å²) in [6, 6.07) is 7.46. The maximum Gasteiger partial charge on any atom is 0.231 e. The largest absolute Gasteiger partial charge is 0.493 e. The highest BCUT2D eigenvalue weighted by Gasteiger charge is 2.51. The average Bonchev–Trinajstić information content (AvgIpc) is 3.38. The van der Waals surface area contributed by atoms with Gasteiger partial charge in [0.1, 0.15) is 0 Å². The number of methoxy groups -OCH3 is 3. The minimum atomic E-state index is -1.01. The van der Waals surface area contributed by atoms with Crippen molar-refractivity contribution in [1.82, 2.24) is 0 Å². The second-order valence-corrected chi connectivity index (χ2v) is 7.68. The molecule has 2 aromatic rings. The van der Waals surface area contributed by atoms with Gasteiger partial charge in [0.2, 0.25) is 12.5 Å². The van der Waals surface area contributed by atoms with Crippen LogP contribution in [-0.4, -0.2) is 51.2 Å². The minimum Gasteiger partial charge on any atom is -0.493 e. The summed E-state index contributed by atoms with van der Waals surface area (Å²) in [5.74, 6) is 1.85. The molecule has 0 bridgehead atoms. The zero-order chi connectivity index (χ0) is 21.0. The Bertz CT molecular complexity index is 949. The van der Waals surface area contributed by atoms with Crippen molar-refractivity contribution in [1.29, 1.82) is 0 Å². The summed E-state index contributed by atoms with van der Waals surface area (Å²) in [5.41, 5.74) is 2.46. The number of benzene rings is 2. The van der Waals surface area contributed by atoms with Gasteiger partial charge in [-0.2, -0.15) is 0 Å². The summed E-state index contributed by atoms with van der Waals surface area (Å²) >= 11 is 0. The van der Waals surface area contributed by atoms with E-state index in [1.165, 1.54) is 0 Å². The van der Waals surface area contributed by atoms with Gasteiger partial charge in [-0.3, -0.25) is 0 Å². The minimum absolute atomic E-state index is 0.141. The second kappa shape index (κ2) is 7.23. The molecule has 30 heavy (non-hydrogen) atoms. The van der Waals surface area contributed by atoms with Crippen molar-refractivity contribution in [3.8, 4) is 28.7 Å². The lowest BCUT2D eigenvalue weighted by atomic mass is 9.66. The first-order chi connectivity index (χ1) is 14.6. The van der Waals surface area contributed by atoms with Gasteiger partial charge in [-0.05, 0) is 41.0 Å². The van der Waals surface area contributed by atoms with E-state index in [-0.39, 0.29) is 31.2 Å². The monoisotopic (exact) mass is 416 g/mol. The lowest BCUT2D eigenvalue weighted by Gasteiger charge is -2.39. The van der Waals surface area contributed by atoms with Gasteiger partial charge in [-0.15, -0.1) is 0 Å². The molecule has 0 amide bonds. The Morgan fingerprint density at radius 2 is 1.50 bits per heavy atom. The summed E-state index contributed by atoms with van der Waals surface area (Å²) in [6.45, 7) is 0.406. The van der Waals surface area contributed by atoms with E-state index in [9.17, 15) is 10.2 Å². The zero-order valence-corrected chi connectivity index (χ0v) is 17.0. The van der Waals surface area contributed by atoms with Gasteiger partial charge < -0.3 is 38.6 Å². The predicted octanol–water partition coefficient (Wildman–Crippen LogP) is 2.20. The number of ether oxygens (including phenoxy) is 6. The Hall–Kier alpha value is -2.68. The van der Waals surface area contributed by atoms with Gasteiger partial charge in [-0.1, -0.05) is 0 Å². The van der Waals surface area contributed by atoms with Gasteiger partial charge in [0.25, 0.3) is 0 Å². The van der Waals surface area contributed by atoms with Crippen molar-refractivity contribution in [2.75, 3.05) is 34.7 Å². The topological polar surface area (TPSA) is 95.8 Å². The molecular formula is C22H24O8. The lowest BCUT2D eigenvalue weighted by molar-refractivity contribution is -0.0863. The number of rotatable bonds is 4. The van der Waals surface area contributed by atoms with E-state index in [2.05, 4.69) is 0 Å². The van der Waals surface area contributed by atoms with Crippen molar-refractivity contribution < 1.29 is 38.6 Å². The van der Waals surface area contributed by atoms with Gasteiger partial charge in [0.15, 0.2) is 29.3 Å². The van der Waals surface area contributed by atoms with E-state index in [1.807, 2.05) is 24.3 Å². The fourth-order valence-corrected chi connectivity index (χ4v) is 4.98. The van der Waals surface area contributed by atoms with E-state index >= 15 is 0 Å². The van der Waals surface area contributed by atoms with Crippen LogP contribution in [0.1, 0.15) is 28.7 Å². The van der Waals surface area contributed by atoms with E-state index in [0.29, 0.717) is 28.7 Å². The average molecular weight is 416 g/mol. The molecule has 1 saturated heterocycles. The van der Waals surface area contributed by atoms with E-state index < -0.39 is 12.4 Å². The van der Waals surface area contributed by atoms with Gasteiger partial charge in [0.05, 0.1) is 34.0 Å². The van der Waals surface area contributed by atoms with Gasteiger partial charge in [-0.25, -0.2) is 0 Å². The maximum absolute atomic E-state index is 11.1. The first kappa shape index (κ1) is 19.3. The third-order valence-corrected chi connectivity index (χ3v) is 6.35. The zero-order valence-electron chi connectivity index (χ0n) is 17.0. The highest BCUT2D eigenvalue weighted by molar-refractivity contribution is 5.59. The highest BCUT2D eigenvalue weighted by atomic mass is 16.7. The Kier molecular flexibility index (Phi) is 4.65.